The van der Waals surface area contributed by atoms with Crippen LogP contribution < -0.4 is 0 Å². The third-order valence-corrected chi connectivity index (χ3v) is 5.36. The van der Waals surface area contributed by atoms with Crippen LogP contribution in [0.25, 0.3) is 0 Å². The Morgan fingerprint density at radius 3 is 2.57 bits per heavy atom. The Morgan fingerprint density at radius 1 is 1.09 bits per heavy atom. The summed E-state index contributed by atoms with van der Waals surface area (Å²) in [5, 5.41) is 3.91. The fourth-order valence-electron chi connectivity index (χ4n) is 4.04. The lowest BCUT2D eigenvalue weighted by molar-refractivity contribution is 0.0757. The molecule has 1 amide bonds. The van der Waals surface area contributed by atoms with Crippen LogP contribution in [-0.4, -0.2) is 53.6 Å². The zero-order valence-corrected chi connectivity index (χ0v) is 14.5. The molecule has 5 nitrogen and oxygen atoms in total. The van der Waals surface area contributed by atoms with Gasteiger partial charge in [0, 0.05) is 26.2 Å². The molecule has 0 spiro atoms. The van der Waals surface area contributed by atoms with E-state index in [4.69, 9.17) is 4.52 Å². The smallest absolute Gasteiger partial charge is 0.259 e. The molecule has 5 heteroatoms. The van der Waals surface area contributed by atoms with Gasteiger partial charge in [0.25, 0.3) is 5.91 Å². The number of aryl methyl sites for hydroxylation is 2. The molecular formula is C18H29N3O2. The van der Waals surface area contributed by atoms with Crippen LogP contribution in [0, 0.1) is 19.8 Å². The zero-order chi connectivity index (χ0) is 16.2. The van der Waals surface area contributed by atoms with E-state index in [1.165, 1.54) is 38.6 Å². The van der Waals surface area contributed by atoms with Crippen LogP contribution in [0.4, 0.5) is 0 Å². The average Bonchev–Trinajstić information content (AvgIpc) is 2.75. The highest BCUT2D eigenvalue weighted by atomic mass is 16.5. The van der Waals surface area contributed by atoms with Crippen molar-refractivity contribution in [2.24, 2.45) is 5.92 Å². The highest BCUT2D eigenvalue weighted by Gasteiger charge is 2.26. The summed E-state index contributed by atoms with van der Waals surface area (Å²) in [6, 6.07) is 0. The molecule has 23 heavy (non-hydrogen) atoms. The van der Waals surface area contributed by atoms with Crippen LogP contribution in [-0.2, 0) is 0 Å². The molecule has 1 saturated carbocycles. The normalized spacial score (nSPS) is 21.4. The maximum absolute atomic E-state index is 12.8. The quantitative estimate of drug-likeness (QED) is 0.859. The van der Waals surface area contributed by atoms with Gasteiger partial charge in [-0.15, -0.1) is 0 Å². The molecule has 0 N–H and O–H groups in total. The molecule has 0 bridgehead atoms. The van der Waals surface area contributed by atoms with Gasteiger partial charge in [-0.1, -0.05) is 24.4 Å². The van der Waals surface area contributed by atoms with E-state index in [-0.39, 0.29) is 5.91 Å². The van der Waals surface area contributed by atoms with E-state index >= 15 is 0 Å². The van der Waals surface area contributed by atoms with Crippen molar-refractivity contribution in [3.8, 4) is 0 Å². The number of rotatable bonds is 3. The van der Waals surface area contributed by atoms with Gasteiger partial charge in [-0.3, -0.25) is 4.79 Å². The molecule has 128 valence electrons. The summed E-state index contributed by atoms with van der Waals surface area (Å²) in [6.45, 7) is 8.64. The molecule has 1 aliphatic heterocycles. The lowest BCUT2D eigenvalue weighted by Gasteiger charge is -2.28. The first-order valence-electron chi connectivity index (χ1n) is 9.09. The van der Waals surface area contributed by atoms with Crippen molar-refractivity contribution < 1.29 is 9.32 Å². The molecular weight excluding hydrogens is 290 g/mol. The molecule has 2 fully saturated rings. The summed E-state index contributed by atoms with van der Waals surface area (Å²) in [5.41, 5.74) is 1.36. The molecule has 2 heterocycles. The molecule has 0 unspecified atom stereocenters. The summed E-state index contributed by atoms with van der Waals surface area (Å²) >= 11 is 0. The number of carbonyl (C=O) groups excluding carboxylic acids is 1. The maximum Gasteiger partial charge on any atom is 0.259 e. The summed E-state index contributed by atoms with van der Waals surface area (Å²) in [6.07, 6.45) is 8.04. The van der Waals surface area contributed by atoms with Crippen molar-refractivity contribution in [1.82, 2.24) is 15.0 Å². The van der Waals surface area contributed by atoms with E-state index in [0.717, 1.165) is 38.5 Å². The highest BCUT2D eigenvalue weighted by Crippen LogP contribution is 2.25. The average molecular weight is 319 g/mol. The van der Waals surface area contributed by atoms with Gasteiger partial charge in [-0.05, 0) is 45.6 Å². The standard InChI is InChI=1S/C18H29N3O2/c1-14-17(15(2)23-19-14)18(22)21-10-6-9-20(11-12-21)13-16-7-4-3-5-8-16/h16H,3-13H2,1-2H3. The van der Waals surface area contributed by atoms with E-state index in [1.54, 1.807) is 0 Å². The fraction of sp³-hybridized carbons (Fsp3) is 0.778. The van der Waals surface area contributed by atoms with Crippen molar-refractivity contribution in [2.45, 2.75) is 52.4 Å². The number of aromatic nitrogens is 1. The first-order valence-corrected chi connectivity index (χ1v) is 9.09. The Kier molecular flexibility index (Phi) is 5.36. The molecule has 2 aliphatic rings. The SMILES string of the molecule is Cc1noc(C)c1C(=O)N1CCCN(CC2CCCCC2)CC1. The van der Waals surface area contributed by atoms with Crippen molar-refractivity contribution in [2.75, 3.05) is 32.7 Å². The second-order valence-corrected chi connectivity index (χ2v) is 7.15. The minimum atomic E-state index is 0.0840. The molecule has 1 saturated heterocycles. The van der Waals surface area contributed by atoms with Crippen LogP contribution in [0.1, 0.15) is 60.3 Å². The van der Waals surface area contributed by atoms with Crippen molar-refractivity contribution >= 4 is 5.91 Å². The van der Waals surface area contributed by atoms with Gasteiger partial charge >= 0.3 is 0 Å². The maximum atomic E-state index is 12.8. The molecule has 3 rings (SSSR count). The lowest BCUT2D eigenvalue weighted by Crippen LogP contribution is -2.37. The number of amides is 1. The molecule has 0 aromatic carbocycles. The number of hydrogen-bond acceptors (Lipinski definition) is 4. The highest BCUT2D eigenvalue weighted by molar-refractivity contribution is 5.96. The topological polar surface area (TPSA) is 49.6 Å². The Bertz CT molecular complexity index is 515. The summed E-state index contributed by atoms with van der Waals surface area (Å²) in [4.78, 5) is 17.3. The Labute approximate surface area is 139 Å². The number of nitrogens with zero attached hydrogens (tertiary/aromatic N) is 3. The number of carbonyl (C=O) groups is 1. The molecule has 1 aliphatic carbocycles. The van der Waals surface area contributed by atoms with E-state index in [0.29, 0.717) is 17.0 Å². The molecule has 1 aromatic heterocycles. The van der Waals surface area contributed by atoms with Gasteiger partial charge in [0.2, 0.25) is 0 Å². The first-order chi connectivity index (χ1) is 11.1. The van der Waals surface area contributed by atoms with Gasteiger partial charge in [-0.2, -0.15) is 0 Å². The van der Waals surface area contributed by atoms with Crippen LogP contribution in [0.2, 0.25) is 0 Å². The Morgan fingerprint density at radius 2 is 1.87 bits per heavy atom. The van der Waals surface area contributed by atoms with Gasteiger partial charge < -0.3 is 14.3 Å². The first kappa shape index (κ1) is 16.5. The predicted octanol–water partition coefficient (Wildman–Crippen LogP) is 3.02. The summed E-state index contributed by atoms with van der Waals surface area (Å²) in [7, 11) is 0. The monoisotopic (exact) mass is 319 g/mol. The van der Waals surface area contributed by atoms with Gasteiger partial charge in [0.05, 0.1) is 5.69 Å². The molecule has 0 radical (unpaired) electrons. The lowest BCUT2D eigenvalue weighted by atomic mass is 9.89. The summed E-state index contributed by atoms with van der Waals surface area (Å²) in [5.74, 6) is 1.59. The van der Waals surface area contributed by atoms with Crippen LogP contribution in [0.5, 0.6) is 0 Å². The predicted molar refractivity (Wildman–Crippen MR) is 89.5 cm³/mol. The van der Waals surface area contributed by atoms with Crippen LogP contribution >= 0.6 is 0 Å². The molecule has 1 aromatic rings. The fourth-order valence-corrected chi connectivity index (χ4v) is 4.04. The third kappa shape index (κ3) is 3.94. The second kappa shape index (κ2) is 7.47. The van der Waals surface area contributed by atoms with Crippen molar-refractivity contribution in [1.29, 1.82) is 0 Å². The van der Waals surface area contributed by atoms with Gasteiger partial charge in [0.15, 0.2) is 0 Å². The minimum absolute atomic E-state index is 0.0840. The van der Waals surface area contributed by atoms with Crippen molar-refractivity contribution in [3.63, 3.8) is 0 Å². The minimum Gasteiger partial charge on any atom is -0.361 e. The van der Waals surface area contributed by atoms with E-state index in [1.807, 2.05) is 18.7 Å². The van der Waals surface area contributed by atoms with E-state index in [9.17, 15) is 4.79 Å². The Balaban J connectivity index is 1.56. The second-order valence-electron chi connectivity index (χ2n) is 7.15. The third-order valence-electron chi connectivity index (χ3n) is 5.36. The largest absolute Gasteiger partial charge is 0.361 e. The Hall–Kier alpha value is -1.36. The van der Waals surface area contributed by atoms with Crippen LogP contribution in [0.15, 0.2) is 4.52 Å². The van der Waals surface area contributed by atoms with Gasteiger partial charge in [-0.25, -0.2) is 0 Å². The summed E-state index contributed by atoms with van der Waals surface area (Å²) < 4.78 is 5.15. The zero-order valence-electron chi connectivity index (χ0n) is 14.5. The van der Waals surface area contributed by atoms with Crippen molar-refractivity contribution in [3.05, 3.63) is 17.0 Å². The number of hydrogen-bond donors (Lipinski definition) is 0. The van der Waals surface area contributed by atoms with E-state index in [2.05, 4.69) is 10.1 Å². The van der Waals surface area contributed by atoms with E-state index < -0.39 is 0 Å². The van der Waals surface area contributed by atoms with Gasteiger partial charge in [0.1, 0.15) is 11.3 Å². The molecule has 0 atom stereocenters. The van der Waals surface area contributed by atoms with Crippen LogP contribution in [0.3, 0.4) is 0 Å².